The van der Waals surface area contributed by atoms with Crippen molar-refractivity contribution in [1.29, 1.82) is 0 Å². The fourth-order valence-corrected chi connectivity index (χ4v) is 10.3. The van der Waals surface area contributed by atoms with Gasteiger partial charge in [-0.1, -0.05) is 123 Å². The second-order valence-corrected chi connectivity index (χ2v) is 14.1. The molecule has 38 heavy (non-hydrogen) atoms. The largest absolute Gasteiger partial charge is 0.481 e. The summed E-state index contributed by atoms with van der Waals surface area (Å²) in [7, 11) is 0. The van der Waals surface area contributed by atoms with Crippen molar-refractivity contribution in [2.75, 3.05) is 0 Å². The number of hydrogen-bond donors (Lipinski definition) is 2. The standard InChI is InChI=1S/C34H56O4/c1-5-6-7-8-9-10-11-12-13-14-15-16-17-30(36)33-22-27-25(4)18-19-28(27)32(23-35)21-26(33)20-29(24(2)3)34(32,33)31(37)38/h20,23-28,30,36H,5-19,21-22H2,1-4H3,(H,37,38)/t25-,26?,27-,28-,30?,32?,33?,34+/m1/s1. The number of carboxylic acid groups (broad SMARTS) is 1. The molecule has 4 rings (SSSR count). The Bertz CT molecular complexity index is 863. The summed E-state index contributed by atoms with van der Waals surface area (Å²) in [6, 6.07) is 0. The molecule has 4 bridgehead atoms. The first-order valence-electron chi connectivity index (χ1n) is 16.3. The molecule has 0 aliphatic heterocycles. The van der Waals surface area contributed by atoms with Crippen LogP contribution in [0.5, 0.6) is 0 Å². The Balaban J connectivity index is 1.41. The Morgan fingerprint density at radius 2 is 1.55 bits per heavy atom. The zero-order chi connectivity index (χ0) is 27.6. The lowest BCUT2D eigenvalue weighted by molar-refractivity contribution is -0.194. The molecule has 4 aliphatic carbocycles. The van der Waals surface area contributed by atoms with Crippen LogP contribution in [0, 0.1) is 45.8 Å². The summed E-state index contributed by atoms with van der Waals surface area (Å²) in [5.41, 5.74) is -1.93. The predicted molar refractivity (Wildman–Crippen MR) is 154 cm³/mol. The first-order chi connectivity index (χ1) is 18.2. The van der Waals surface area contributed by atoms with Gasteiger partial charge in [0.25, 0.3) is 0 Å². The second kappa shape index (κ2) is 12.1. The number of carboxylic acids is 1. The highest BCUT2D eigenvalue weighted by Gasteiger charge is 2.85. The van der Waals surface area contributed by atoms with Crippen molar-refractivity contribution in [2.24, 2.45) is 45.8 Å². The average molecular weight is 529 g/mol. The molecule has 0 aromatic carbocycles. The van der Waals surface area contributed by atoms with E-state index >= 15 is 0 Å². The summed E-state index contributed by atoms with van der Waals surface area (Å²) in [5, 5.41) is 23.1. The number of carbonyl (C=O) groups is 2. The highest BCUT2D eigenvalue weighted by atomic mass is 16.4. The number of carbonyl (C=O) groups excluding carboxylic acids is 1. The summed E-state index contributed by atoms with van der Waals surface area (Å²) in [5.74, 6) is 0.162. The van der Waals surface area contributed by atoms with Gasteiger partial charge >= 0.3 is 5.97 Å². The molecular weight excluding hydrogens is 472 g/mol. The fraction of sp³-hybridized carbons (Fsp3) is 0.882. The topological polar surface area (TPSA) is 74.6 Å². The molecule has 0 amide bonds. The molecule has 4 heteroatoms. The van der Waals surface area contributed by atoms with Crippen LogP contribution in [0.1, 0.15) is 137 Å². The Labute approximate surface area is 232 Å². The van der Waals surface area contributed by atoms with E-state index in [0.29, 0.717) is 24.7 Å². The van der Waals surface area contributed by atoms with Crippen molar-refractivity contribution in [1.82, 2.24) is 0 Å². The smallest absolute Gasteiger partial charge is 0.315 e. The van der Waals surface area contributed by atoms with E-state index in [1.807, 2.05) is 0 Å². The van der Waals surface area contributed by atoms with E-state index in [2.05, 4.69) is 33.8 Å². The van der Waals surface area contributed by atoms with Crippen molar-refractivity contribution in [3.05, 3.63) is 11.6 Å². The maximum Gasteiger partial charge on any atom is 0.315 e. The minimum absolute atomic E-state index is 0.00803. The first-order valence-corrected chi connectivity index (χ1v) is 16.3. The Morgan fingerprint density at radius 3 is 2.08 bits per heavy atom. The summed E-state index contributed by atoms with van der Waals surface area (Å²) >= 11 is 0. The number of hydrogen-bond acceptors (Lipinski definition) is 3. The molecule has 216 valence electrons. The summed E-state index contributed by atoms with van der Waals surface area (Å²) < 4.78 is 0. The molecule has 0 saturated heterocycles. The van der Waals surface area contributed by atoms with Gasteiger partial charge in [0.05, 0.1) is 11.5 Å². The maximum atomic E-state index is 13.5. The van der Waals surface area contributed by atoms with E-state index in [1.165, 1.54) is 64.2 Å². The number of fused-ring (bicyclic) bond motifs is 2. The van der Waals surface area contributed by atoms with Crippen molar-refractivity contribution < 1.29 is 19.8 Å². The van der Waals surface area contributed by atoms with E-state index in [1.54, 1.807) is 0 Å². The van der Waals surface area contributed by atoms with Crippen molar-refractivity contribution in [3.63, 3.8) is 0 Å². The van der Waals surface area contributed by atoms with Crippen LogP contribution in [0.15, 0.2) is 11.6 Å². The normalized spacial score (nSPS) is 37.9. The molecular formula is C34H56O4. The molecule has 3 saturated carbocycles. The maximum absolute atomic E-state index is 13.5. The lowest BCUT2D eigenvalue weighted by atomic mass is 9.41. The molecule has 4 unspecified atom stereocenters. The third kappa shape index (κ3) is 4.44. The van der Waals surface area contributed by atoms with Gasteiger partial charge in [-0.3, -0.25) is 4.79 Å². The van der Waals surface area contributed by atoms with Crippen LogP contribution >= 0.6 is 0 Å². The Hall–Kier alpha value is -1.16. The number of aldehydes is 1. The quantitative estimate of drug-likeness (QED) is 0.113. The van der Waals surface area contributed by atoms with Gasteiger partial charge in [-0.15, -0.1) is 0 Å². The van der Waals surface area contributed by atoms with Gasteiger partial charge in [0.2, 0.25) is 0 Å². The van der Waals surface area contributed by atoms with E-state index in [4.69, 9.17) is 0 Å². The van der Waals surface area contributed by atoms with Gasteiger partial charge in [-0.05, 0) is 55.3 Å². The van der Waals surface area contributed by atoms with E-state index < -0.39 is 28.3 Å². The molecule has 2 N–H and O–H groups in total. The molecule has 0 heterocycles. The fourth-order valence-electron chi connectivity index (χ4n) is 10.3. The Morgan fingerprint density at radius 1 is 0.974 bits per heavy atom. The van der Waals surface area contributed by atoms with Gasteiger partial charge in [-0.25, -0.2) is 0 Å². The van der Waals surface area contributed by atoms with E-state index in [9.17, 15) is 19.8 Å². The van der Waals surface area contributed by atoms with Gasteiger partial charge in [0.1, 0.15) is 11.7 Å². The lowest BCUT2D eigenvalue weighted by Crippen LogP contribution is -2.65. The second-order valence-electron chi connectivity index (χ2n) is 14.1. The average Bonchev–Trinajstić information content (AvgIpc) is 3.47. The van der Waals surface area contributed by atoms with Crippen molar-refractivity contribution in [2.45, 2.75) is 143 Å². The molecule has 4 aliphatic rings. The van der Waals surface area contributed by atoms with Crippen LogP contribution in [-0.2, 0) is 9.59 Å². The van der Waals surface area contributed by atoms with Gasteiger partial charge in [0, 0.05) is 5.41 Å². The third-order valence-corrected chi connectivity index (χ3v) is 11.9. The van der Waals surface area contributed by atoms with Gasteiger partial charge in [-0.2, -0.15) is 0 Å². The number of aliphatic hydroxyl groups excluding tert-OH is 1. The zero-order valence-electron chi connectivity index (χ0n) is 24.9. The van der Waals surface area contributed by atoms with Crippen molar-refractivity contribution >= 4 is 12.3 Å². The number of aliphatic hydroxyl groups is 1. The molecule has 4 nitrogen and oxygen atoms in total. The predicted octanol–water partition coefficient (Wildman–Crippen LogP) is 8.36. The summed E-state index contributed by atoms with van der Waals surface area (Å²) in [6.45, 7) is 8.70. The highest BCUT2D eigenvalue weighted by molar-refractivity contribution is 5.90. The van der Waals surface area contributed by atoms with Crippen LogP contribution < -0.4 is 0 Å². The number of rotatable bonds is 17. The molecule has 0 aromatic rings. The van der Waals surface area contributed by atoms with E-state index in [-0.39, 0.29) is 17.8 Å². The minimum atomic E-state index is -1.25. The molecule has 0 radical (unpaired) electrons. The summed E-state index contributed by atoms with van der Waals surface area (Å²) in [6.07, 6.45) is 21.9. The Kier molecular flexibility index (Phi) is 9.53. The highest BCUT2D eigenvalue weighted by Crippen LogP contribution is 2.83. The monoisotopic (exact) mass is 528 g/mol. The third-order valence-electron chi connectivity index (χ3n) is 11.9. The molecule has 3 fully saturated rings. The zero-order valence-corrected chi connectivity index (χ0v) is 24.9. The minimum Gasteiger partial charge on any atom is -0.481 e. The van der Waals surface area contributed by atoms with Crippen LogP contribution in [0.3, 0.4) is 0 Å². The first kappa shape index (κ1) is 29.8. The van der Waals surface area contributed by atoms with Crippen LogP contribution in [0.25, 0.3) is 0 Å². The van der Waals surface area contributed by atoms with Crippen LogP contribution in [0.4, 0.5) is 0 Å². The van der Waals surface area contributed by atoms with Crippen LogP contribution in [0.2, 0.25) is 0 Å². The van der Waals surface area contributed by atoms with Crippen LogP contribution in [-0.4, -0.2) is 28.6 Å². The van der Waals surface area contributed by atoms with Gasteiger partial charge < -0.3 is 15.0 Å². The summed E-state index contributed by atoms with van der Waals surface area (Å²) in [4.78, 5) is 26.6. The number of aliphatic carboxylic acids is 1. The van der Waals surface area contributed by atoms with Crippen molar-refractivity contribution in [3.8, 4) is 0 Å². The SMILES string of the molecule is CCCCCCCCCCCCCCC(O)C12C[C@@H]3[C@H](C)CC[C@H]3C3(C=O)CC1C=C(C(C)C)[C@@]23C(=O)O. The van der Waals surface area contributed by atoms with Gasteiger partial charge in [0.15, 0.2) is 0 Å². The lowest BCUT2D eigenvalue weighted by Gasteiger charge is -2.59. The number of allylic oxidation sites excluding steroid dienone is 1. The molecule has 8 atom stereocenters. The number of unbranched alkanes of at least 4 members (excludes halogenated alkanes) is 11. The molecule has 0 aromatic heterocycles. The molecule has 0 spiro atoms. The van der Waals surface area contributed by atoms with E-state index in [0.717, 1.165) is 44.0 Å².